The van der Waals surface area contributed by atoms with E-state index < -0.39 is 42.0 Å². The van der Waals surface area contributed by atoms with Crippen LogP contribution < -0.4 is 11.1 Å². The van der Waals surface area contributed by atoms with Crippen LogP contribution in [-0.2, 0) is 19.2 Å². The Morgan fingerprint density at radius 1 is 0.686 bits per heavy atom. The highest BCUT2D eigenvalue weighted by atomic mass is 16.4. The monoisotopic (exact) mass is 498 g/mol. The second kappa shape index (κ2) is 15.1. The first kappa shape index (κ1) is 32.8. The van der Waals surface area contributed by atoms with E-state index >= 15 is 0 Å². The van der Waals surface area contributed by atoms with Gasteiger partial charge >= 0.3 is 5.97 Å². The standard InChI is InChI=1S/C26H50N4O5/c1-15(2)11-19(27)24(32)29(9)21(13-17(5)6)23(31)28-20(12-16(3)4)25(33)30(10)22(26(34)35)14-18(7)8/h15-22H,11-14,27H2,1-10H3,(H,28,31)(H,34,35)/t19-,20-,21-,22-/m0/s1. The number of nitrogens with one attached hydrogen (secondary N) is 1. The molecule has 0 radical (unpaired) electrons. The Hall–Kier alpha value is -2.16. The molecular formula is C26H50N4O5. The van der Waals surface area contributed by atoms with Gasteiger partial charge in [-0.15, -0.1) is 0 Å². The van der Waals surface area contributed by atoms with Crippen LogP contribution >= 0.6 is 0 Å². The van der Waals surface area contributed by atoms with E-state index in [4.69, 9.17) is 5.73 Å². The van der Waals surface area contributed by atoms with Gasteiger partial charge in [0.1, 0.15) is 18.1 Å². The summed E-state index contributed by atoms with van der Waals surface area (Å²) in [5.41, 5.74) is 6.10. The fourth-order valence-electron chi connectivity index (χ4n) is 4.14. The number of carbonyl (C=O) groups excluding carboxylic acids is 3. The number of hydrogen-bond acceptors (Lipinski definition) is 5. The zero-order valence-electron chi connectivity index (χ0n) is 23.5. The molecule has 9 nitrogen and oxygen atoms in total. The van der Waals surface area contributed by atoms with Crippen LogP contribution in [0.4, 0.5) is 0 Å². The minimum atomic E-state index is -1.08. The summed E-state index contributed by atoms with van der Waals surface area (Å²) in [4.78, 5) is 54.2. The number of carbonyl (C=O) groups is 4. The van der Waals surface area contributed by atoms with Crippen LogP contribution in [0.25, 0.3) is 0 Å². The van der Waals surface area contributed by atoms with Crippen molar-refractivity contribution >= 4 is 23.7 Å². The van der Waals surface area contributed by atoms with Crippen molar-refractivity contribution in [1.29, 1.82) is 0 Å². The molecule has 35 heavy (non-hydrogen) atoms. The van der Waals surface area contributed by atoms with Gasteiger partial charge in [-0.25, -0.2) is 4.79 Å². The number of amides is 3. The first-order valence-corrected chi connectivity index (χ1v) is 12.8. The highest BCUT2D eigenvalue weighted by Gasteiger charge is 2.36. The maximum atomic E-state index is 13.4. The topological polar surface area (TPSA) is 133 Å². The Morgan fingerprint density at radius 3 is 1.49 bits per heavy atom. The van der Waals surface area contributed by atoms with Crippen LogP contribution in [0.1, 0.15) is 81.1 Å². The molecule has 9 heteroatoms. The van der Waals surface area contributed by atoms with E-state index in [1.165, 1.54) is 16.8 Å². The minimum Gasteiger partial charge on any atom is -0.480 e. The van der Waals surface area contributed by atoms with Crippen molar-refractivity contribution in [3.8, 4) is 0 Å². The average molecular weight is 499 g/mol. The first-order valence-electron chi connectivity index (χ1n) is 12.8. The van der Waals surface area contributed by atoms with Crippen molar-refractivity contribution in [2.45, 2.75) is 105 Å². The van der Waals surface area contributed by atoms with Crippen LogP contribution in [0.5, 0.6) is 0 Å². The largest absolute Gasteiger partial charge is 0.480 e. The molecule has 4 atom stereocenters. The highest BCUT2D eigenvalue weighted by Crippen LogP contribution is 2.17. The molecule has 0 spiro atoms. The molecule has 0 saturated carbocycles. The van der Waals surface area contributed by atoms with E-state index in [2.05, 4.69) is 5.32 Å². The smallest absolute Gasteiger partial charge is 0.326 e. The lowest BCUT2D eigenvalue weighted by Gasteiger charge is -2.34. The van der Waals surface area contributed by atoms with E-state index in [1.54, 1.807) is 7.05 Å². The number of nitrogens with two attached hydrogens (primary N) is 1. The lowest BCUT2D eigenvalue weighted by molar-refractivity contribution is -0.151. The number of carboxylic acid groups (broad SMARTS) is 1. The normalized spacial score (nSPS) is 15.2. The third-order valence-electron chi connectivity index (χ3n) is 5.97. The fraction of sp³-hybridized carbons (Fsp3) is 0.846. The SMILES string of the molecule is CC(C)C[C@H](NC(=O)[C@H](CC(C)C)N(C)C(=O)[C@@H](N)CC(C)C)C(=O)N(C)[C@@H](CC(C)C)C(=O)O. The number of rotatable bonds is 15. The summed E-state index contributed by atoms with van der Waals surface area (Å²) in [5, 5.41) is 12.5. The molecule has 0 heterocycles. The van der Waals surface area contributed by atoms with Gasteiger partial charge in [-0.05, 0) is 49.4 Å². The molecule has 0 bridgehead atoms. The first-order chi connectivity index (χ1) is 16.0. The molecule has 0 aromatic rings. The molecule has 0 fully saturated rings. The number of aliphatic carboxylic acids is 1. The van der Waals surface area contributed by atoms with Gasteiger partial charge in [-0.2, -0.15) is 0 Å². The third kappa shape index (κ3) is 11.4. The number of nitrogens with zero attached hydrogens (tertiary/aromatic N) is 2. The van der Waals surface area contributed by atoms with Crippen molar-refractivity contribution < 1.29 is 24.3 Å². The van der Waals surface area contributed by atoms with Gasteiger partial charge in [0.2, 0.25) is 17.7 Å². The van der Waals surface area contributed by atoms with Crippen LogP contribution in [-0.4, -0.2) is 76.9 Å². The van der Waals surface area contributed by atoms with Crippen LogP contribution in [0.2, 0.25) is 0 Å². The van der Waals surface area contributed by atoms with Crippen molar-refractivity contribution in [2.24, 2.45) is 29.4 Å². The minimum absolute atomic E-state index is 0.0772. The van der Waals surface area contributed by atoms with E-state index in [-0.39, 0.29) is 29.6 Å². The third-order valence-corrected chi connectivity index (χ3v) is 5.97. The molecule has 0 saturated heterocycles. The molecule has 0 aliphatic heterocycles. The summed E-state index contributed by atoms with van der Waals surface area (Å²) in [6.45, 7) is 15.5. The molecule has 4 N–H and O–H groups in total. The second-order valence-corrected chi connectivity index (χ2v) is 11.5. The van der Waals surface area contributed by atoms with E-state index in [0.29, 0.717) is 25.7 Å². The molecule has 0 aromatic heterocycles. The molecule has 3 amide bonds. The number of carboxylic acids is 1. The van der Waals surface area contributed by atoms with E-state index in [1.807, 2.05) is 55.4 Å². The van der Waals surface area contributed by atoms with Gasteiger partial charge < -0.3 is 26.0 Å². The number of likely N-dealkylation sites (N-methyl/N-ethyl adjacent to an activating group) is 2. The molecule has 0 unspecified atom stereocenters. The quantitative estimate of drug-likeness (QED) is 0.318. The molecule has 0 aliphatic carbocycles. The zero-order chi connectivity index (χ0) is 27.6. The van der Waals surface area contributed by atoms with Crippen molar-refractivity contribution in [3.63, 3.8) is 0 Å². The lowest BCUT2D eigenvalue weighted by Crippen LogP contribution is -2.58. The van der Waals surface area contributed by atoms with Gasteiger partial charge in [-0.1, -0.05) is 55.4 Å². The predicted molar refractivity (Wildman–Crippen MR) is 138 cm³/mol. The van der Waals surface area contributed by atoms with E-state index in [9.17, 15) is 24.3 Å². The van der Waals surface area contributed by atoms with Crippen molar-refractivity contribution in [3.05, 3.63) is 0 Å². The van der Waals surface area contributed by atoms with Gasteiger partial charge in [-0.3, -0.25) is 14.4 Å². The molecule has 204 valence electrons. The Kier molecular flexibility index (Phi) is 14.1. The summed E-state index contributed by atoms with van der Waals surface area (Å²) < 4.78 is 0. The average Bonchev–Trinajstić information content (AvgIpc) is 2.71. The Bertz CT molecular complexity index is 708. The number of hydrogen-bond donors (Lipinski definition) is 3. The summed E-state index contributed by atoms with van der Waals surface area (Å²) in [6.07, 6.45) is 1.57. The Labute approximate surface area is 212 Å². The summed E-state index contributed by atoms with van der Waals surface area (Å²) in [6, 6.07) is -3.39. The maximum Gasteiger partial charge on any atom is 0.326 e. The second-order valence-electron chi connectivity index (χ2n) is 11.5. The summed E-state index contributed by atoms with van der Waals surface area (Å²) in [7, 11) is 3.04. The summed E-state index contributed by atoms with van der Waals surface area (Å²) >= 11 is 0. The summed E-state index contributed by atoms with van der Waals surface area (Å²) in [5.74, 6) is -1.77. The Balaban J connectivity index is 5.89. The van der Waals surface area contributed by atoms with Crippen LogP contribution in [0, 0.1) is 23.7 Å². The fourth-order valence-corrected chi connectivity index (χ4v) is 4.14. The van der Waals surface area contributed by atoms with Crippen LogP contribution in [0.15, 0.2) is 0 Å². The van der Waals surface area contributed by atoms with E-state index in [0.717, 1.165) is 0 Å². The van der Waals surface area contributed by atoms with Gasteiger partial charge in [0.05, 0.1) is 6.04 Å². The van der Waals surface area contributed by atoms with Crippen molar-refractivity contribution in [2.75, 3.05) is 14.1 Å². The van der Waals surface area contributed by atoms with Gasteiger partial charge in [0, 0.05) is 14.1 Å². The molecule has 0 rings (SSSR count). The molecule has 0 aliphatic rings. The predicted octanol–water partition coefficient (Wildman–Crippen LogP) is 2.72. The zero-order valence-corrected chi connectivity index (χ0v) is 23.5. The van der Waals surface area contributed by atoms with Crippen LogP contribution in [0.3, 0.4) is 0 Å². The Morgan fingerprint density at radius 2 is 1.09 bits per heavy atom. The van der Waals surface area contributed by atoms with Gasteiger partial charge in [0.15, 0.2) is 0 Å². The van der Waals surface area contributed by atoms with Gasteiger partial charge in [0.25, 0.3) is 0 Å². The maximum absolute atomic E-state index is 13.4. The molecular weight excluding hydrogens is 448 g/mol. The van der Waals surface area contributed by atoms with Crippen molar-refractivity contribution in [1.82, 2.24) is 15.1 Å². The lowest BCUT2D eigenvalue weighted by atomic mass is 9.97. The molecule has 0 aromatic carbocycles. The highest BCUT2D eigenvalue weighted by molar-refractivity contribution is 5.94.